The highest BCUT2D eigenvalue weighted by Crippen LogP contribution is 2.42. The second kappa shape index (κ2) is 8.83. The van der Waals surface area contributed by atoms with Crippen molar-refractivity contribution in [3.63, 3.8) is 0 Å². The molecule has 0 aromatic heterocycles. The second-order valence-electron chi connectivity index (χ2n) is 8.89. The molecule has 4 amide bonds. The van der Waals surface area contributed by atoms with Crippen molar-refractivity contribution in [2.45, 2.75) is 32.4 Å². The Morgan fingerprint density at radius 2 is 1.43 bits per heavy atom. The van der Waals surface area contributed by atoms with E-state index in [-0.39, 0.29) is 30.4 Å². The number of para-hydroxylation sites is 2. The van der Waals surface area contributed by atoms with Crippen molar-refractivity contribution in [3.8, 4) is 0 Å². The van der Waals surface area contributed by atoms with Crippen molar-refractivity contribution in [1.82, 2.24) is 4.90 Å². The average Bonchev–Trinajstić information content (AvgIpc) is 3.09. The number of fused-ring (bicyclic) bond motifs is 2. The lowest BCUT2D eigenvalue weighted by Crippen LogP contribution is -2.49. The maximum atomic E-state index is 13.9. The molecule has 0 fully saturated rings. The Bertz CT molecular complexity index is 1300. The first-order valence-corrected chi connectivity index (χ1v) is 11.6. The molecular weight excluding hydrogens is 442 g/mol. The molecule has 5 rings (SSSR count). The van der Waals surface area contributed by atoms with Gasteiger partial charge in [-0.25, -0.2) is 0 Å². The Hall–Kier alpha value is -4.26. The zero-order valence-corrected chi connectivity index (χ0v) is 19.5. The molecule has 176 valence electrons. The summed E-state index contributed by atoms with van der Waals surface area (Å²) < 4.78 is 0. The average molecular weight is 468 g/mol. The van der Waals surface area contributed by atoms with Crippen molar-refractivity contribution in [3.05, 3.63) is 95.6 Å². The summed E-state index contributed by atoms with van der Waals surface area (Å²) in [6.45, 7) is 3.13. The van der Waals surface area contributed by atoms with Crippen LogP contribution in [0.2, 0.25) is 0 Å². The third kappa shape index (κ3) is 3.79. The number of anilines is 2. The van der Waals surface area contributed by atoms with Crippen molar-refractivity contribution >= 4 is 35.0 Å². The molecule has 7 heteroatoms. The normalized spacial score (nSPS) is 18.8. The van der Waals surface area contributed by atoms with Gasteiger partial charge in [-0.15, -0.1) is 0 Å². The van der Waals surface area contributed by atoms with E-state index in [1.54, 1.807) is 34.1 Å². The van der Waals surface area contributed by atoms with E-state index in [1.807, 2.05) is 61.5 Å². The molecule has 0 bridgehead atoms. The van der Waals surface area contributed by atoms with Gasteiger partial charge in [-0.3, -0.25) is 24.1 Å². The van der Waals surface area contributed by atoms with Crippen LogP contribution in [0.3, 0.4) is 0 Å². The fourth-order valence-corrected chi connectivity index (χ4v) is 5.19. The molecule has 7 nitrogen and oxygen atoms in total. The molecule has 2 heterocycles. The van der Waals surface area contributed by atoms with Crippen LogP contribution in [0.25, 0.3) is 0 Å². The number of hydrogen-bond donors (Lipinski definition) is 0. The van der Waals surface area contributed by atoms with E-state index < -0.39 is 11.8 Å². The van der Waals surface area contributed by atoms with Gasteiger partial charge in [-0.05, 0) is 49.2 Å². The first kappa shape index (κ1) is 22.5. The van der Waals surface area contributed by atoms with E-state index in [2.05, 4.69) is 0 Å². The number of imide groups is 1. The topological polar surface area (TPSA) is 78.0 Å². The monoisotopic (exact) mass is 467 g/mol. The maximum absolute atomic E-state index is 13.9. The Kier molecular flexibility index (Phi) is 5.68. The van der Waals surface area contributed by atoms with Gasteiger partial charge in [0.2, 0.25) is 11.8 Å². The Morgan fingerprint density at radius 1 is 0.857 bits per heavy atom. The van der Waals surface area contributed by atoms with Crippen molar-refractivity contribution in [2.24, 2.45) is 0 Å². The zero-order valence-electron chi connectivity index (χ0n) is 19.5. The molecule has 0 aliphatic carbocycles. The molecule has 0 saturated carbocycles. The van der Waals surface area contributed by atoms with Crippen LogP contribution < -0.4 is 9.80 Å². The van der Waals surface area contributed by atoms with Crippen LogP contribution >= 0.6 is 0 Å². The molecule has 2 aliphatic heterocycles. The molecule has 3 aromatic rings. The summed E-state index contributed by atoms with van der Waals surface area (Å²) in [6.07, 6.45) is 0.513. The van der Waals surface area contributed by atoms with Crippen LogP contribution in [0.1, 0.15) is 52.6 Å². The van der Waals surface area contributed by atoms with Crippen molar-refractivity contribution in [1.29, 1.82) is 0 Å². The molecule has 0 radical (unpaired) electrons. The van der Waals surface area contributed by atoms with Gasteiger partial charge in [0.25, 0.3) is 11.8 Å². The summed E-state index contributed by atoms with van der Waals surface area (Å²) in [5.41, 5.74) is 2.89. The van der Waals surface area contributed by atoms with Crippen molar-refractivity contribution in [2.75, 3.05) is 16.3 Å². The summed E-state index contributed by atoms with van der Waals surface area (Å²) >= 11 is 0. The molecule has 0 spiro atoms. The Balaban J connectivity index is 1.54. The number of hydrogen-bond acceptors (Lipinski definition) is 4. The minimum atomic E-state index is -0.466. The summed E-state index contributed by atoms with van der Waals surface area (Å²) in [4.78, 5) is 56.6. The van der Waals surface area contributed by atoms with Crippen LogP contribution in [-0.4, -0.2) is 41.1 Å². The smallest absolute Gasteiger partial charge is 0.262 e. The number of benzene rings is 3. The highest BCUT2D eigenvalue weighted by Gasteiger charge is 2.41. The molecule has 0 saturated heterocycles. The first-order chi connectivity index (χ1) is 16.9. The minimum Gasteiger partial charge on any atom is -0.309 e. The quantitative estimate of drug-likeness (QED) is 0.539. The van der Waals surface area contributed by atoms with Crippen LogP contribution in [0.15, 0.2) is 78.9 Å². The van der Waals surface area contributed by atoms with Gasteiger partial charge >= 0.3 is 0 Å². The predicted molar refractivity (Wildman–Crippen MR) is 132 cm³/mol. The number of amides is 4. The van der Waals surface area contributed by atoms with Gasteiger partial charge in [-0.2, -0.15) is 0 Å². The molecular formula is C28H25N3O4. The van der Waals surface area contributed by atoms with E-state index in [0.29, 0.717) is 23.2 Å². The number of nitrogens with zero attached hydrogens (tertiary/aromatic N) is 3. The van der Waals surface area contributed by atoms with Gasteiger partial charge in [0, 0.05) is 24.3 Å². The Labute approximate surface area is 203 Å². The number of rotatable bonds is 4. The predicted octanol–water partition coefficient (Wildman–Crippen LogP) is 4.20. The van der Waals surface area contributed by atoms with E-state index in [1.165, 1.54) is 6.92 Å². The standard InChI is InChI=1S/C28H25N3O4/c1-18-16-25(23-14-8-9-15-24(23)30(18)19(2)32)31(20-10-4-3-5-11-20)26(33)17-29-27(34)21-12-6-7-13-22(21)28(29)35/h3-15,18,25H,16-17H2,1-2H3. The SMILES string of the molecule is CC(=O)N1c2ccccc2C(N(C(=O)CN2C(=O)c3ccccc3C2=O)c2ccccc2)CC1C. The van der Waals surface area contributed by atoms with Crippen LogP contribution in [0, 0.1) is 0 Å². The Morgan fingerprint density at radius 3 is 2.06 bits per heavy atom. The molecule has 0 N–H and O–H groups in total. The lowest BCUT2D eigenvalue weighted by Gasteiger charge is -2.43. The highest BCUT2D eigenvalue weighted by atomic mass is 16.2. The van der Waals surface area contributed by atoms with Crippen LogP contribution in [-0.2, 0) is 9.59 Å². The van der Waals surface area contributed by atoms with E-state index in [4.69, 9.17) is 0 Å². The largest absolute Gasteiger partial charge is 0.309 e. The lowest BCUT2D eigenvalue weighted by molar-refractivity contribution is -0.119. The van der Waals surface area contributed by atoms with E-state index >= 15 is 0 Å². The second-order valence-corrected chi connectivity index (χ2v) is 8.89. The molecule has 2 unspecified atom stereocenters. The van der Waals surface area contributed by atoms with Gasteiger partial charge < -0.3 is 9.80 Å². The number of carbonyl (C=O) groups excluding carboxylic acids is 4. The fourth-order valence-electron chi connectivity index (χ4n) is 5.19. The number of carbonyl (C=O) groups is 4. The van der Waals surface area contributed by atoms with E-state index in [9.17, 15) is 19.2 Å². The molecule has 2 atom stereocenters. The fraction of sp³-hybridized carbons (Fsp3) is 0.214. The molecule has 2 aliphatic rings. The van der Waals surface area contributed by atoms with Gasteiger partial charge in [0.05, 0.1) is 17.2 Å². The van der Waals surface area contributed by atoms with Gasteiger partial charge in [-0.1, -0.05) is 48.5 Å². The summed E-state index contributed by atoms with van der Waals surface area (Å²) in [7, 11) is 0. The first-order valence-electron chi connectivity index (χ1n) is 11.6. The van der Waals surface area contributed by atoms with E-state index in [0.717, 1.165) is 16.2 Å². The third-order valence-electron chi connectivity index (χ3n) is 6.69. The van der Waals surface area contributed by atoms with Crippen molar-refractivity contribution < 1.29 is 19.2 Å². The third-order valence-corrected chi connectivity index (χ3v) is 6.69. The van der Waals surface area contributed by atoms with Gasteiger partial charge in [0.15, 0.2) is 0 Å². The summed E-state index contributed by atoms with van der Waals surface area (Å²) in [6, 6.07) is 22.9. The van der Waals surface area contributed by atoms with Gasteiger partial charge in [0.1, 0.15) is 6.54 Å². The zero-order chi connectivity index (χ0) is 24.7. The summed E-state index contributed by atoms with van der Waals surface area (Å²) in [5, 5.41) is 0. The molecule has 35 heavy (non-hydrogen) atoms. The summed E-state index contributed by atoms with van der Waals surface area (Å²) in [5.74, 6) is -1.36. The van der Waals surface area contributed by atoms with Crippen LogP contribution in [0.5, 0.6) is 0 Å². The molecule has 3 aromatic carbocycles. The highest BCUT2D eigenvalue weighted by molar-refractivity contribution is 6.22. The lowest BCUT2D eigenvalue weighted by atomic mass is 9.90. The van der Waals surface area contributed by atoms with Crippen LogP contribution in [0.4, 0.5) is 11.4 Å². The minimum absolute atomic E-state index is 0.0630. The maximum Gasteiger partial charge on any atom is 0.262 e.